The number of aliphatic hydroxyl groups is 4. The van der Waals surface area contributed by atoms with Crippen LogP contribution in [0.15, 0.2) is 34.6 Å². The van der Waals surface area contributed by atoms with Crippen LogP contribution in [0.4, 0.5) is 0 Å². The fraction of sp³-hybridized carbons (Fsp3) is 0.632. The zero-order valence-electron chi connectivity index (χ0n) is 15.4. The number of ether oxygens (including phenoxy) is 1. The monoisotopic (exact) mass is 386 g/mol. The number of ketones is 1. The summed E-state index contributed by atoms with van der Waals surface area (Å²) in [5, 5.41) is 41.0. The summed E-state index contributed by atoms with van der Waals surface area (Å²) < 4.78 is 5.56. The van der Waals surface area contributed by atoms with E-state index in [1.54, 1.807) is 0 Å². The van der Waals surface area contributed by atoms with E-state index < -0.39 is 35.1 Å². The van der Waals surface area contributed by atoms with E-state index in [1.165, 1.54) is 32.1 Å². The summed E-state index contributed by atoms with van der Waals surface area (Å²) in [6.45, 7) is 6.53. The van der Waals surface area contributed by atoms with Gasteiger partial charge in [0.1, 0.15) is 17.5 Å². The number of allylic oxidation sites excluding steroid dienone is 2. The van der Waals surface area contributed by atoms with Crippen LogP contribution in [0.5, 0.6) is 0 Å². The van der Waals surface area contributed by atoms with E-state index >= 15 is 0 Å². The molecule has 0 spiro atoms. The molecule has 0 saturated heterocycles. The van der Waals surface area contributed by atoms with Crippen LogP contribution in [0, 0.1) is 11.8 Å². The minimum atomic E-state index is -1.96. The van der Waals surface area contributed by atoms with Gasteiger partial charge in [0.05, 0.1) is 17.7 Å². The van der Waals surface area contributed by atoms with Crippen molar-refractivity contribution in [2.75, 3.05) is 6.61 Å². The smallest absolute Gasteiger partial charge is 0.208 e. The van der Waals surface area contributed by atoms with Gasteiger partial charge >= 0.3 is 0 Å². The number of Topliss-reactive ketones (excluding diaryl/α,β-unsaturated/α-hetero) is 1. The van der Waals surface area contributed by atoms with E-state index in [0.717, 1.165) is 0 Å². The van der Waals surface area contributed by atoms with Gasteiger partial charge in [0.25, 0.3) is 0 Å². The predicted octanol–water partition coefficient (Wildman–Crippen LogP) is 1.42. The minimum absolute atomic E-state index is 0.0301. The first-order chi connectivity index (χ1) is 11.9. The van der Waals surface area contributed by atoms with Crippen molar-refractivity contribution in [3.8, 4) is 0 Å². The largest absolute Gasteiger partial charge is 0.493 e. The van der Waals surface area contributed by atoms with E-state index in [1.807, 2.05) is 13.8 Å². The minimum Gasteiger partial charge on any atom is -0.493 e. The van der Waals surface area contributed by atoms with E-state index in [0.29, 0.717) is 17.8 Å². The van der Waals surface area contributed by atoms with Gasteiger partial charge < -0.3 is 25.2 Å². The van der Waals surface area contributed by atoms with Crippen molar-refractivity contribution in [3.05, 3.63) is 34.6 Å². The lowest BCUT2D eigenvalue weighted by molar-refractivity contribution is -0.150. The molecule has 0 aromatic rings. The highest BCUT2D eigenvalue weighted by Crippen LogP contribution is 2.40. The maximum absolute atomic E-state index is 12.2. The number of fused-ring (bicyclic) bond motifs is 1. The Balaban J connectivity index is 2.29. The Morgan fingerprint density at radius 2 is 2.15 bits per heavy atom. The van der Waals surface area contributed by atoms with Crippen LogP contribution in [0.2, 0.25) is 0 Å². The van der Waals surface area contributed by atoms with Gasteiger partial charge in [0.15, 0.2) is 5.60 Å². The molecule has 0 aromatic heterocycles. The molecule has 0 unspecified atom stereocenters. The summed E-state index contributed by atoms with van der Waals surface area (Å²) in [7, 11) is 0. The molecule has 4 N–H and O–H groups in total. The Morgan fingerprint density at radius 1 is 1.54 bits per heavy atom. The van der Waals surface area contributed by atoms with Gasteiger partial charge in [-0.25, -0.2) is 0 Å². The zero-order valence-corrected chi connectivity index (χ0v) is 16.2. The molecule has 7 heteroatoms. The first-order valence-corrected chi connectivity index (χ1v) is 9.10. The number of hydrogen-bond donors (Lipinski definition) is 4. The highest BCUT2D eigenvalue weighted by atomic mass is 35.5. The summed E-state index contributed by atoms with van der Waals surface area (Å²) in [6.07, 6.45) is 2.88. The van der Waals surface area contributed by atoms with Gasteiger partial charge in [-0.3, -0.25) is 4.79 Å². The van der Waals surface area contributed by atoms with Crippen LogP contribution in [0.25, 0.3) is 0 Å². The number of halogens is 1. The molecule has 1 heterocycles. The van der Waals surface area contributed by atoms with E-state index in [9.17, 15) is 25.2 Å². The van der Waals surface area contributed by atoms with Gasteiger partial charge in [0, 0.05) is 5.92 Å². The average molecular weight is 387 g/mol. The number of carbonyl (C=O) groups excluding carboxylic acids is 1. The Bertz CT molecular complexity index is 661. The highest BCUT2D eigenvalue weighted by molar-refractivity contribution is 6.44. The lowest BCUT2D eigenvalue weighted by Crippen LogP contribution is -2.55. The molecule has 6 nitrogen and oxygen atoms in total. The predicted molar refractivity (Wildman–Crippen MR) is 97.3 cm³/mol. The number of rotatable bonds is 5. The Hall–Kier alpha value is -1.18. The van der Waals surface area contributed by atoms with E-state index in [-0.39, 0.29) is 17.6 Å². The molecule has 6 atom stereocenters. The summed E-state index contributed by atoms with van der Waals surface area (Å²) in [5.74, 6) is -1.12. The Kier molecular flexibility index (Phi) is 6.05. The molecule has 0 fully saturated rings. The second kappa shape index (κ2) is 7.44. The fourth-order valence-corrected chi connectivity index (χ4v) is 3.58. The van der Waals surface area contributed by atoms with Crippen molar-refractivity contribution in [2.24, 2.45) is 11.8 Å². The lowest BCUT2D eigenvalue weighted by Gasteiger charge is -2.40. The normalized spacial score (nSPS) is 34.0. The van der Waals surface area contributed by atoms with Crippen molar-refractivity contribution in [1.29, 1.82) is 0 Å². The average Bonchev–Trinajstić information content (AvgIpc) is 2.61. The number of hydrogen-bond acceptors (Lipinski definition) is 6. The first-order valence-electron chi connectivity index (χ1n) is 8.72. The third-order valence-electron chi connectivity index (χ3n) is 5.36. The maximum atomic E-state index is 12.2. The molecule has 2 aliphatic rings. The van der Waals surface area contributed by atoms with E-state index in [4.69, 9.17) is 16.3 Å². The fourth-order valence-electron chi connectivity index (χ4n) is 3.19. The van der Waals surface area contributed by atoms with Gasteiger partial charge in [-0.05, 0) is 43.6 Å². The molecule has 146 valence electrons. The van der Waals surface area contributed by atoms with Gasteiger partial charge in [-0.1, -0.05) is 31.9 Å². The molecule has 0 saturated carbocycles. The van der Waals surface area contributed by atoms with Crippen molar-refractivity contribution < 1.29 is 30.0 Å². The van der Waals surface area contributed by atoms with Crippen LogP contribution < -0.4 is 0 Å². The quantitative estimate of drug-likeness (QED) is 0.569. The van der Waals surface area contributed by atoms with Gasteiger partial charge in [0.2, 0.25) is 5.78 Å². The van der Waals surface area contributed by atoms with Crippen molar-refractivity contribution >= 4 is 17.4 Å². The molecule has 2 rings (SSSR count). The zero-order chi connectivity index (χ0) is 19.9. The van der Waals surface area contributed by atoms with Crippen LogP contribution in [0.3, 0.4) is 0 Å². The summed E-state index contributed by atoms with van der Waals surface area (Å²) in [4.78, 5) is 12.2. The van der Waals surface area contributed by atoms with Crippen molar-refractivity contribution in [3.63, 3.8) is 0 Å². The Labute approximate surface area is 158 Å². The number of carbonyl (C=O) groups is 1. The third-order valence-corrected chi connectivity index (χ3v) is 5.75. The SMILES string of the molecule is CC[C@H](C)[C@H](O)[C@](C)(O)/C=C/C1=CC2=C(Cl)C(=O)[C@](C)(O)[C@@H](O)[C@H]2CO1. The van der Waals surface area contributed by atoms with Crippen LogP contribution in [-0.4, -0.2) is 56.2 Å². The molecule has 26 heavy (non-hydrogen) atoms. The highest BCUT2D eigenvalue weighted by Gasteiger charge is 2.50. The molecule has 0 bridgehead atoms. The van der Waals surface area contributed by atoms with Crippen molar-refractivity contribution in [2.45, 2.75) is 57.5 Å². The molecule has 0 radical (unpaired) electrons. The van der Waals surface area contributed by atoms with Gasteiger partial charge in [-0.2, -0.15) is 0 Å². The summed E-state index contributed by atoms with van der Waals surface area (Å²) in [6, 6.07) is 0. The standard InChI is InChI=1S/C19H27ClO6/c1-5-10(2)15(21)18(3,24)7-6-11-8-12-13(9-26-11)16(22)19(4,25)17(23)14(12)20/h6-8,10,13,15-16,21-22,24-25H,5,9H2,1-4H3/b7-6+/t10-,13-,15-,16-,18+,19+/m0/s1. The van der Waals surface area contributed by atoms with Crippen LogP contribution >= 0.6 is 11.6 Å². The number of aliphatic hydroxyl groups excluding tert-OH is 2. The summed E-state index contributed by atoms with van der Waals surface area (Å²) >= 11 is 6.10. The molecular weight excluding hydrogens is 360 g/mol. The van der Waals surface area contributed by atoms with Gasteiger partial charge in [-0.15, -0.1) is 0 Å². The second-order valence-electron chi connectivity index (χ2n) is 7.54. The van der Waals surface area contributed by atoms with Crippen molar-refractivity contribution in [1.82, 2.24) is 0 Å². The molecular formula is C19H27ClO6. The molecule has 0 aromatic carbocycles. The Morgan fingerprint density at radius 3 is 2.73 bits per heavy atom. The van der Waals surface area contributed by atoms with Crippen LogP contribution in [-0.2, 0) is 9.53 Å². The maximum Gasteiger partial charge on any atom is 0.208 e. The molecule has 0 amide bonds. The first kappa shape index (κ1) is 21.1. The third kappa shape index (κ3) is 3.75. The lowest BCUT2D eigenvalue weighted by atomic mass is 9.75. The van der Waals surface area contributed by atoms with E-state index in [2.05, 4.69) is 0 Å². The summed E-state index contributed by atoms with van der Waals surface area (Å²) in [5.41, 5.74) is -3.02. The molecule has 1 aliphatic heterocycles. The topological polar surface area (TPSA) is 107 Å². The molecule has 1 aliphatic carbocycles. The van der Waals surface area contributed by atoms with Crippen LogP contribution in [0.1, 0.15) is 34.1 Å². The second-order valence-corrected chi connectivity index (χ2v) is 7.92.